The van der Waals surface area contributed by atoms with Gasteiger partial charge >= 0.3 is 0 Å². The lowest BCUT2D eigenvalue weighted by Crippen LogP contribution is -2.13. The normalized spacial score (nSPS) is 19.2. The molecule has 0 bridgehead atoms. The van der Waals surface area contributed by atoms with Gasteiger partial charge in [0, 0.05) is 11.1 Å². The molecule has 1 nitrogen and oxygen atoms in total. The lowest BCUT2D eigenvalue weighted by atomic mass is 9.78. The van der Waals surface area contributed by atoms with Gasteiger partial charge in [-0.1, -0.05) is 31.6 Å². The molecular formula is C24H26F4O. The lowest BCUT2D eigenvalue weighted by molar-refractivity contribution is 0.289. The Balaban J connectivity index is 1.87. The highest BCUT2D eigenvalue weighted by Gasteiger charge is 2.27. The zero-order valence-electron chi connectivity index (χ0n) is 16.6. The number of allylic oxidation sites excluding steroid dienone is 1. The minimum absolute atomic E-state index is 0.0781. The lowest BCUT2D eigenvalue weighted by Gasteiger charge is -2.27. The van der Waals surface area contributed by atoms with Gasteiger partial charge in [-0.15, -0.1) is 6.58 Å². The molecule has 2 aromatic rings. The number of unbranched alkanes of at least 4 members (excludes halogenated alkanes) is 1. The van der Waals surface area contributed by atoms with Gasteiger partial charge in [-0.05, 0) is 61.6 Å². The van der Waals surface area contributed by atoms with Crippen LogP contribution in [0.1, 0.15) is 56.9 Å². The molecule has 0 heterocycles. The minimum atomic E-state index is -1.24. The summed E-state index contributed by atoms with van der Waals surface area (Å²) in [7, 11) is 0. The first kappa shape index (κ1) is 21.4. The number of ether oxygens (including phenoxy) is 1. The van der Waals surface area contributed by atoms with Gasteiger partial charge in [-0.3, -0.25) is 0 Å². The molecule has 1 aliphatic rings. The Hall–Kier alpha value is -2.30. The third-order valence-electron chi connectivity index (χ3n) is 5.75. The Kier molecular flexibility index (Phi) is 6.99. The number of hydrogen-bond donors (Lipinski definition) is 0. The van der Waals surface area contributed by atoms with E-state index in [0.29, 0.717) is 17.9 Å². The van der Waals surface area contributed by atoms with Crippen LogP contribution in [0.3, 0.4) is 0 Å². The van der Waals surface area contributed by atoms with Gasteiger partial charge in [0.25, 0.3) is 0 Å². The molecular weight excluding hydrogens is 380 g/mol. The van der Waals surface area contributed by atoms with Gasteiger partial charge in [0.2, 0.25) is 5.82 Å². The van der Waals surface area contributed by atoms with Crippen molar-refractivity contribution in [2.45, 2.75) is 51.4 Å². The van der Waals surface area contributed by atoms with Crippen LogP contribution in [-0.2, 0) is 0 Å². The third kappa shape index (κ3) is 4.49. The summed E-state index contributed by atoms with van der Waals surface area (Å²) in [5, 5.41) is 0. The van der Waals surface area contributed by atoms with Crippen LogP contribution in [0.25, 0.3) is 11.1 Å². The molecule has 156 valence electrons. The zero-order chi connectivity index (χ0) is 21.0. The summed E-state index contributed by atoms with van der Waals surface area (Å²) >= 11 is 0. The molecule has 0 amide bonds. The van der Waals surface area contributed by atoms with Gasteiger partial charge in [-0.25, -0.2) is 13.2 Å². The Morgan fingerprint density at radius 3 is 2.14 bits per heavy atom. The van der Waals surface area contributed by atoms with Crippen LogP contribution in [0, 0.1) is 29.2 Å². The van der Waals surface area contributed by atoms with Crippen LogP contribution < -0.4 is 4.74 Å². The SMILES string of the molecule is C=CC1CCC(c2ccc(-c3ccc(OCCCC)c(F)c3F)c(F)c2F)CC1. The zero-order valence-corrected chi connectivity index (χ0v) is 16.6. The molecule has 0 saturated heterocycles. The second-order valence-electron chi connectivity index (χ2n) is 7.62. The van der Waals surface area contributed by atoms with E-state index in [2.05, 4.69) is 6.58 Å². The van der Waals surface area contributed by atoms with Crippen LogP contribution in [-0.4, -0.2) is 6.61 Å². The van der Waals surface area contributed by atoms with E-state index < -0.39 is 23.3 Å². The molecule has 1 aliphatic carbocycles. The van der Waals surface area contributed by atoms with E-state index in [1.54, 1.807) is 0 Å². The first-order chi connectivity index (χ1) is 14.0. The highest BCUT2D eigenvalue weighted by molar-refractivity contribution is 5.66. The highest BCUT2D eigenvalue weighted by atomic mass is 19.2. The van der Waals surface area contributed by atoms with Crippen LogP contribution >= 0.6 is 0 Å². The van der Waals surface area contributed by atoms with Crippen molar-refractivity contribution in [3.8, 4) is 16.9 Å². The Morgan fingerprint density at radius 2 is 1.52 bits per heavy atom. The summed E-state index contributed by atoms with van der Waals surface area (Å²) in [4.78, 5) is 0. The van der Waals surface area contributed by atoms with Crippen molar-refractivity contribution in [3.63, 3.8) is 0 Å². The smallest absolute Gasteiger partial charge is 0.201 e. The standard InChI is InChI=1S/C24H26F4O/c1-3-5-14-29-20-13-12-19(23(27)24(20)28)18-11-10-17(21(25)22(18)26)16-8-6-15(4-2)7-9-16/h4,10-13,15-16H,2-3,5-9,14H2,1H3. The first-order valence-corrected chi connectivity index (χ1v) is 10.2. The molecule has 1 fully saturated rings. The maximum Gasteiger partial charge on any atom is 0.201 e. The number of hydrogen-bond acceptors (Lipinski definition) is 1. The van der Waals surface area contributed by atoms with Crippen molar-refractivity contribution >= 4 is 0 Å². The average Bonchev–Trinajstić information content (AvgIpc) is 2.74. The largest absolute Gasteiger partial charge is 0.490 e. The quantitative estimate of drug-likeness (QED) is 0.262. The number of halogens is 4. The molecule has 0 aliphatic heterocycles. The van der Waals surface area contributed by atoms with Crippen molar-refractivity contribution in [1.82, 2.24) is 0 Å². The Morgan fingerprint density at radius 1 is 0.897 bits per heavy atom. The van der Waals surface area contributed by atoms with E-state index in [1.165, 1.54) is 24.3 Å². The molecule has 0 aromatic heterocycles. The minimum Gasteiger partial charge on any atom is -0.490 e. The molecule has 0 spiro atoms. The Bertz CT molecular complexity index is 870. The fourth-order valence-electron chi connectivity index (χ4n) is 3.93. The van der Waals surface area contributed by atoms with Gasteiger partial charge in [0.1, 0.15) is 0 Å². The summed E-state index contributed by atoms with van der Waals surface area (Å²) in [6, 6.07) is 5.32. The fourth-order valence-corrected chi connectivity index (χ4v) is 3.93. The number of rotatable bonds is 7. The summed E-state index contributed by atoms with van der Waals surface area (Å²) in [6.45, 7) is 6.01. The molecule has 5 heteroatoms. The fraction of sp³-hybridized carbons (Fsp3) is 0.417. The average molecular weight is 406 g/mol. The maximum atomic E-state index is 14.8. The molecule has 0 N–H and O–H groups in total. The van der Waals surface area contributed by atoms with Gasteiger partial charge in [-0.2, -0.15) is 4.39 Å². The third-order valence-corrected chi connectivity index (χ3v) is 5.75. The van der Waals surface area contributed by atoms with E-state index in [-0.39, 0.29) is 29.4 Å². The second kappa shape index (κ2) is 9.47. The summed E-state index contributed by atoms with van der Waals surface area (Å²) in [5.74, 6) is -4.45. The molecule has 0 unspecified atom stereocenters. The summed E-state index contributed by atoms with van der Waals surface area (Å²) in [5.41, 5.74) is -0.305. The first-order valence-electron chi connectivity index (χ1n) is 10.2. The predicted octanol–water partition coefficient (Wildman–Crippen LogP) is 7.55. The maximum absolute atomic E-state index is 14.8. The number of benzene rings is 2. The van der Waals surface area contributed by atoms with Gasteiger partial charge < -0.3 is 4.74 Å². The topological polar surface area (TPSA) is 9.23 Å². The van der Waals surface area contributed by atoms with E-state index >= 15 is 0 Å². The molecule has 1 saturated carbocycles. The van der Waals surface area contributed by atoms with Crippen LogP contribution in [0.15, 0.2) is 36.9 Å². The van der Waals surface area contributed by atoms with Gasteiger partial charge in [0.05, 0.1) is 6.61 Å². The van der Waals surface area contributed by atoms with Crippen LogP contribution in [0.4, 0.5) is 17.6 Å². The van der Waals surface area contributed by atoms with Crippen molar-refractivity contribution < 1.29 is 22.3 Å². The molecule has 0 radical (unpaired) electrons. The molecule has 29 heavy (non-hydrogen) atoms. The predicted molar refractivity (Wildman–Crippen MR) is 107 cm³/mol. The molecule has 2 aromatic carbocycles. The van der Waals surface area contributed by atoms with Crippen LogP contribution in [0.2, 0.25) is 0 Å². The van der Waals surface area contributed by atoms with Crippen molar-refractivity contribution in [1.29, 1.82) is 0 Å². The summed E-state index contributed by atoms with van der Waals surface area (Å²) < 4.78 is 63.7. The Labute approximate surface area is 169 Å². The van der Waals surface area contributed by atoms with E-state index in [1.807, 2.05) is 13.0 Å². The van der Waals surface area contributed by atoms with Crippen molar-refractivity contribution in [2.75, 3.05) is 6.61 Å². The second-order valence-corrected chi connectivity index (χ2v) is 7.62. The van der Waals surface area contributed by atoms with Gasteiger partial charge in [0.15, 0.2) is 23.2 Å². The summed E-state index contributed by atoms with van der Waals surface area (Å²) in [6.07, 6.45) is 6.74. The van der Waals surface area contributed by atoms with Crippen LogP contribution in [0.5, 0.6) is 5.75 Å². The van der Waals surface area contributed by atoms with E-state index in [0.717, 1.165) is 32.1 Å². The van der Waals surface area contributed by atoms with Crippen molar-refractivity contribution in [2.24, 2.45) is 5.92 Å². The van der Waals surface area contributed by atoms with E-state index in [4.69, 9.17) is 4.74 Å². The highest BCUT2D eigenvalue weighted by Crippen LogP contribution is 2.40. The molecule has 3 rings (SSSR count). The van der Waals surface area contributed by atoms with Crippen molar-refractivity contribution in [3.05, 3.63) is 65.8 Å². The monoisotopic (exact) mass is 406 g/mol. The van der Waals surface area contributed by atoms with E-state index in [9.17, 15) is 17.6 Å². The molecule has 0 atom stereocenters.